The molecule has 1 heteroatoms. The van der Waals surface area contributed by atoms with Crippen LogP contribution in [-0.4, -0.2) is 4.57 Å². The third kappa shape index (κ3) is 1.61. The molecule has 1 heterocycles. The molecule has 0 aliphatic carbocycles. The van der Waals surface area contributed by atoms with Crippen LogP contribution in [0, 0.1) is 6.20 Å². The number of aromatic nitrogens is 1. The van der Waals surface area contributed by atoms with Crippen molar-refractivity contribution in [3.8, 4) is 0 Å². The van der Waals surface area contributed by atoms with Gasteiger partial charge >= 0.3 is 0 Å². The molecule has 1 radical (unpaired) electrons. The number of fused-ring (bicyclic) bond motifs is 1. The molecule has 0 unspecified atom stereocenters. The summed E-state index contributed by atoms with van der Waals surface area (Å²) in [5.74, 6) is 0. The van der Waals surface area contributed by atoms with E-state index in [1.165, 1.54) is 16.5 Å². The molecule has 3 aromatic rings. The van der Waals surface area contributed by atoms with Gasteiger partial charge in [0.15, 0.2) is 0 Å². The van der Waals surface area contributed by atoms with E-state index >= 15 is 0 Å². The van der Waals surface area contributed by atoms with Crippen molar-refractivity contribution in [3.63, 3.8) is 0 Å². The monoisotopic (exact) mass is 206 g/mol. The quantitative estimate of drug-likeness (QED) is 0.605. The average molecular weight is 206 g/mol. The molecule has 1 nitrogen and oxygen atoms in total. The van der Waals surface area contributed by atoms with E-state index < -0.39 is 0 Å². The number of para-hydroxylation sites is 1. The van der Waals surface area contributed by atoms with Gasteiger partial charge in [0.1, 0.15) is 0 Å². The molecule has 0 atom stereocenters. The Morgan fingerprint density at radius 2 is 1.62 bits per heavy atom. The lowest BCUT2D eigenvalue weighted by atomic mass is 10.2. The first-order chi connectivity index (χ1) is 7.93. The van der Waals surface area contributed by atoms with Crippen LogP contribution in [0.4, 0.5) is 0 Å². The minimum Gasteiger partial charge on any atom is -0.335 e. The van der Waals surface area contributed by atoms with E-state index in [2.05, 4.69) is 59.3 Å². The van der Waals surface area contributed by atoms with E-state index in [1.807, 2.05) is 12.1 Å². The highest BCUT2D eigenvalue weighted by atomic mass is 14.9. The van der Waals surface area contributed by atoms with Crippen molar-refractivity contribution in [2.45, 2.75) is 6.54 Å². The SMILES string of the molecule is [c]1cc2ccccc2n1Cc1ccccc1. The van der Waals surface area contributed by atoms with Crippen molar-refractivity contribution >= 4 is 10.9 Å². The van der Waals surface area contributed by atoms with Gasteiger partial charge < -0.3 is 4.57 Å². The highest BCUT2D eigenvalue weighted by Crippen LogP contribution is 2.16. The molecule has 0 spiro atoms. The molecule has 0 bridgehead atoms. The predicted octanol–water partition coefficient (Wildman–Crippen LogP) is 3.49. The average Bonchev–Trinajstić information content (AvgIpc) is 2.74. The molecule has 0 aliphatic heterocycles. The Morgan fingerprint density at radius 3 is 2.50 bits per heavy atom. The van der Waals surface area contributed by atoms with Gasteiger partial charge in [0.05, 0.1) is 6.20 Å². The minimum atomic E-state index is 0.883. The van der Waals surface area contributed by atoms with Crippen molar-refractivity contribution in [1.29, 1.82) is 0 Å². The van der Waals surface area contributed by atoms with Crippen molar-refractivity contribution in [2.24, 2.45) is 0 Å². The van der Waals surface area contributed by atoms with Gasteiger partial charge in [-0.1, -0.05) is 48.5 Å². The number of hydrogen-bond acceptors (Lipinski definition) is 0. The maximum atomic E-state index is 3.28. The molecule has 0 aliphatic rings. The topological polar surface area (TPSA) is 4.93 Å². The second kappa shape index (κ2) is 3.86. The van der Waals surface area contributed by atoms with E-state index in [0.29, 0.717) is 0 Å². The third-order valence-electron chi connectivity index (χ3n) is 2.79. The molecule has 3 rings (SSSR count). The molecular formula is C15H12N. The van der Waals surface area contributed by atoms with E-state index in [9.17, 15) is 0 Å². The van der Waals surface area contributed by atoms with Gasteiger partial charge in [-0.2, -0.15) is 0 Å². The molecule has 0 amide bonds. The van der Waals surface area contributed by atoms with Gasteiger partial charge in [-0.3, -0.25) is 0 Å². The Hall–Kier alpha value is -2.02. The summed E-state index contributed by atoms with van der Waals surface area (Å²) in [7, 11) is 0. The highest BCUT2D eigenvalue weighted by Gasteiger charge is 2.00. The lowest BCUT2D eigenvalue weighted by Gasteiger charge is -2.04. The van der Waals surface area contributed by atoms with Gasteiger partial charge in [0.25, 0.3) is 0 Å². The Morgan fingerprint density at radius 1 is 0.875 bits per heavy atom. The van der Waals surface area contributed by atoms with Gasteiger partial charge in [0.2, 0.25) is 0 Å². The lowest BCUT2D eigenvalue weighted by Crippen LogP contribution is -1.97. The predicted molar refractivity (Wildman–Crippen MR) is 66.3 cm³/mol. The van der Waals surface area contributed by atoms with Gasteiger partial charge in [-0.25, -0.2) is 0 Å². The molecular weight excluding hydrogens is 194 g/mol. The van der Waals surface area contributed by atoms with E-state index in [0.717, 1.165) is 6.54 Å². The van der Waals surface area contributed by atoms with Crippen LogP contribution >= 0.6 is 0 Å². The molecule has 0 fully saturated rings. The molecule has 1 aromatic heterocycles. The maximum Gasteiger partial charge on any atom is 0.0662 e. The second-order valence-corrected chi connectivity index (χ2v) is 3.90. The molecule has 0 saturated carbocycles. The summed E-state index contributed by atoms with van der Waals surface area (Å²) in [6.07, 6.45) is 3.28. The summed E-state index contributed by atoms with van der Waals surface area (Å²) >= 11 is 0. The summed E-state index contributed by atoms with van der Waals surface area (Å²) in [5.41, 5.74) is 2.55. The molecule has 0 N–H and O–H groups in total. The summed E-state index contributed by atoms with van der Waals surface area (Å²) in [6.45, 7) is 0.883. The van der Waals surface area contributed by atoms with Crippen LogP contribution in [0.25, 0.3) is 10.9 Å². The first kappa shape index (κ1) is 9.22. The Kier molecular flexibility index (Phi) is 2.22. The van der Waals surface area contributed by atoms with Crippen LogP contribution < -0.4 is 0 Å². The summed E-state index contributed by atoms with van der Waals surface area (Å²) in [4.78, 5) is 0. The highest BCUT2D eigenvalue weighted by molar-refractivity contribution is 5.79. The third-order valence-corrected chi connectivity index (χ3v) is 2.79. The zero-order valence-electron chi connectivity index (χ0n) is 8.93. The van der Waals surface area contributed by atoms with Crippen molar-refractivity contribution < 1.29 is 0 Å². The smallest absolute Gasteiger partial charge is 0.0662 e. The Bertz CT molecular complexity index is 593. The number of benzene rings is 2. The van der Waals surface area contributed by atoms with Gasteiger partial charge in [0, 0.05) is 17.4 Å². The van der Waals surface area contributed by atoms with Crippen LogP contribution in [0.3, 0.4) is 0 Å². The normalized spacial score (nSPS) is 10.8. The molecule has 2 aromatic carbocycles. The Labute approximate surface area is 95.0 Å². The molecule has 0 saturated heterocycles. The Balaban J connectivity index is 2.01. The van der Waals surface area contributed by atoms with Crippen LogP contribution in [-0.2, 0) is 6.54 Å². The number of nitrogens with zero attached hydrogens (tertiary/aromatic N) is 1. The van der Waals surface area contributed by atoms with Crippen LogP contribution in [0.1, 0.15) is 5.56 Å². The fraction of sp³-hybridized carbons (Fsp3) is 0.0667. The zero-order chi connectivity index (χ0) is 10.8. The van der Waals surface area contributed by atoms with Crippen molar-refractivity contribution in [2.75, 3.05) is 0 Å². The van der Waals surface area contributed by atoms with Crippen LogP contribution in [0.2, 0.25) is 0 Å². The second-order valence-electron chi connectivity index (χ2n) is 3.90. The summed E-state index contributed by atoms with van der Waals surface area (Å²) in [6, 6.07) is 20.9. The standard InChI is InChI=1S/C15H12N/c1-2-6-13(7-3-1)12-16-11-10-14-8-4-5-9-15(14)16/h1-10H,12H2. The maximum absolute atomic E-state index is 3.28. The van der Waals surface area contributed by atoms with Crippen molar-refractivity contribution in [1.82, 2.24) is 4.57 Å². The largest absolute Gasteiger partial charge is 0.335 e. The van der Waals surface area contributed by atoms with Crippen molar-refractivity contribution in [3.05, 3.63) is 72.4 Å². The zero-order valence-corrected chi connectivity index (χ0v) is 8.93. The first-order valence-electron chi connectivity index (χ1n) is 5.43. The fourth-order valence-electron chi connectivity index (χ4n) is 1.97. The first-order valence-corrected chi connectivity index (χ1v) is 5.43. The number of hydrogen-bond donors (Lipinski definition) is 0. The van der Waals surface area contributed by atoms with E-state index in [-0.39, 0.29) is 0 Å². The van der Waals surface area contributed by atoms with Crippen LogP contribution in [0.5, 0.6) is 0 Å². The van der Waals surface area contributed by atoms with E-state index in [4.69, 9.17) is 0 Å². The van der Waals surface area contributed by atoms with Gasteiger partial charge in [-0.05, 0) is 17.7 Å². The van der Waals surface area contributed by atoms with Crippen LogP contribution in [0.15, 0.2) is 60.7 Å². The summed E-state index contributed by atoms with van der Waals surface area (Å²) < 4.78 is 2.16. The van der Waals surface area contributed by atoms with E-state index in [1.54, 1.807) is 0 Å². The van der Waals surface area contributed by atoms with Gasteiger partial charge in [-0.15, -0.1) is 0 Å². The number of rotatable bonds is 2. The molecule has 77 valence electrons. The summed E-state index contributed by atoms with van der Waals surface area (Å²) in [5, 5.41) is 1.25. The molecule has 16 heavy (non-hydrogen) atoms. The lowest BCUT2D eigenvalue weighted by molar-refractivity contribution is 0.830. The minimum absolute atomic E-state index is 0.883. The fourth-order valence-corrected chi connectivity index (χ4v) is 1.97.